The summed E-state index contributed by atoms with van der Waals surface area (Å²) in [5.74, 6) is 0.186. The molecule has 5 nitrogen and oxygen atoms in total. The molecular weight excluding hydrogens is 316 g/mol. The normalized spacial score (nSPS) is 29.1. The second-order valence-corrected chi connectivity index (χ2v) is 7.29. The summed E-state index contributed by atoms with van der Waals surface area (Å²) in [6, 6.07) is 8.25. The van der Waals surface area contributed by atoms with Crippen LogP contribution in [0.2, 0.25) is 0 Å². The largest absolute Gasteiger partial charge is 0.381 e. The summed E-state index contributed by atoms with van der Waals surface area (Å²) < 4.78 is 11.5. The molecule has 0 bridgehead atoms. The maximum absolute atomic E-state index is 13.1. The van der Waals surface area contributed by atoms with Gasteiger partial charge in [0, 0.05) is 37.9 Å². The van der Waals surface area contributed by atoms with Crippen molar-refractivity contribution in [2.75, 3.05) is 20.8 Å². The van der Waals surface area contributed by atoms with E-state index >= 15 is 0 Å². The molecule has 1 aliphatic carbocycles. The first kappa shape index (κ1) is 16.6. The number of aromatic nitrogens is 1. The Hall–Kier alpha value is -1.85. The number of fused-ring (bicyclic) bond motifs is 2. The third kappa shape index (κ3) is 2.75. The van der Waals surface area contributed by atoms with Gasteiger partial charge in [0.15, 0.2) is 0 Å². The highest BCUT2D eigenvalue weighted by Gasteiger charge is 2.52. The van der Waals surface area contributed by atoms with Crippen LogP contribution in [0.3, 0.4) is 0 Å². The van der Waals surface area contributed by atoms with Crippen LogP contribution in [-0.2, 0) is 20.7 Å². The first-order valence-corrected chi connectivity index (χ1v) is 9.09. The maximum Gasteiger partial charge on any atom is 0.227 e. The number of benzene rings is 1. The molecule has 1 N–H and O–H groups in total. The van der Waals surface area contributed by atoms with Gasteiger partial charge in [0.2, 0.25) is 5.91 Å². The second kappa shape index (κ2) is 6.46. The Kier molecular flexibility index (Phi) is 4.29. The minimum Gasteiger partial charge on any atom is -0.381 e. The van der Waals surface area contributed by atoms with Crippen molar-refractivity contribution in [2.45, 2.75) is 49.9 Å². The van der Waals surface area contributed by atoms with E-state index in [1.807, 2.05) is 29.3 Å². The van der Waals surface area contributed by atoms with Gasteiger partial charge in [-0.05, 0) is 37.3 Å². The molecule has 1 aromatic heterocycles. The number of amides is 1. The van der Waals surface area contributed by atoms with Gasteiger partial charge in [-0.3, -0.25) is 4.79 Å². The molecule has 1 amide bonds. The van der Waals surface area contributed by atoms with Crippen LogP contribution in [0.5, 0.6) is 0 Å². The number of nitrogens with one attached hydrogen (secondary N) is 1. The Balaban J connectivity index is 1.55. The van der Waals surface area contributed by atoms with E-state index in [0.717, 1.165) is 48.7 Å². The fraction of sp³-hybridized carbons (Fsp3) is 0.550. The summed E-state index contributed by atoms with van der Waals surface area (Å²) in [6.45, 7) is 0.774. The molecule has 2 aromatic rings. The number of carbonyl (C=O) groups excluding carboxylic acids is 1. The van der Waals surface area contributed by atoms with Crippen molar-refractivity contribution in [3.05, 3.63) is 36.0 Å². The molecule has 0 spiro atoms. The molecule has 1 aromatic carbocycles. The van der Waals surface area contributed by atoms with Gasteiger partial charge in [-0.1, -0.05) is 18.2 Å². The average Bonchev–Trinajstić information content (AvgIpc) is 3.23. The highest BCUT2D eigenvalue weighted by Crippen LogP contribution is 2.43. The molecule has 1 aliphatic heterocycles. The molecule has 5 heteroatoms. The summed E-state index contributed by atoms with van der Waals surface area (Å²) >= 11 is 0. The van der Waals surface area contributed by atoms with Gasteiger partial charge in [0.05, 0.1) is 24.2 Å². The van der Waals surface area contributed by atoms with Crippen LogP contribution >= 0.6 is 0 Å². The highest BCUT2D eigenvalue weighted by molar-refractivity contribution is 5.89. The Labute approximate surface area is 148 Å². The lowest BCUT2D eigenvalue weighted by Gasteiger charge is -2.43. The van der Waals surface area contributed by atoms with Crippen LogP contribution in [0.15, 0.2) is 30.5 Å². The van der Waals surface area contributed by atoms with Crippen LogP contribution in [0.25, 0.3) is 10.9 Å². The van der Waals surface area contributed by atoms with Gasteiger partial charge >= 0.3 is 0 Å². The van der Waals surface area contributed by atoms with E-state index in [4.69, 9.17) is 9.47 Å². The lowest BCUT2D eigenvalue weighted by Crippen LogP contribution is -2.53. The van der Waals surface area contributed by atoms with Gasteiger partial charge in [-0.2, -0.15) is 0 Å². The lowest BCUT2D eigenvalue weighted by atomic mass is 9.79. The average molecular weight is 342 g/mol. The fourth-order valence-electron chi connectivity index (χ4n) is 4.72. The first-order chi connectivity index (χ1) is 12.2. The van der Waals surface area contributed by atoms with Crippen molar-refractivity contribution >= 4 is 16.8 Å². The smallest absolute Gasteiger partial charge is 0.227 e. The third-order valence-electron chi connectivity index (χ3n) is 6.21. The predicted octanol–water partition coefficient (Wildman–Crippen LogP) is 2.90. The molecular formula is C20H26N2O3. The van der Waals surface area contributed by atoms with Gasteiger partial charge in [0.25, 0.3) is 0 Å². The third-order valence-corrected chi connectivity index (χ3v) is 6.21. The molecule has 2 fully saturated rings. The molecule has 2 aliphatic rings. The van der Waals surface area contributed by atoms with E-state index in [9.17, 15) is 4.79 Å². The monoisotopic (exact) mass is 342 g/mol. The van der Waals surface area contributed by atoms with Crippen molar-refractivity contribution < 1.29 is 14.3 Å². The van der Waals surface area contributed by atoms with Gasteiger partial charge in [-0.15, -0.1) is 0 Å². The van der Waals surface area contributed by atoms with Crippen LogP contribution in [-0.4, -0.2) is 54.3 Å². The number of rotatable bonds is 4. The van der Waals surface area contributed by atoms with Gasteiger partial charge < -0.3 is 19.4 Å². The minimum atomic E-state index is -0.190. The summed E-state index contributed by atoms with van der Waals surface area (Å²) in [6.07, 6.45) is 6.36. The van der Waals surface area contributed by atoms with Crippen molar-refractivity contribution in [3.8, 4) is 0 Å². The van der Waals surface area contributed by atoms with Crippen LogP contribution < -0.4 is 0 Å². The quantitative estimate of drug-likeness (QED) is 0.929. The van der Waals surface area contributed by atoms with Gasteiger partial charge in [0.1, 0.15) is 0 Å². The van der Waals surface area contributed by atoms with E-state index in [1.54, 1.807) is 14.2 Å². The first-order valence-electron chi connectivity index (χ1n) is 9.09. The van der Waals surface area contributed by atoms with Crippen molar-refractivity contribution in [1.29, 1.82) is 0 Å². The molecule has 3 atom stereocenters. The van der Waals surface area contributed by atoms with Crippen molar-refractivity contribution in [1.82, 2.24) is 9.88 Å². The number of para-hydroxylation sites is 1. The molecule has 1 saturated carbocycles. The standard InChI is InChI=1S/C20H26N2O3/c1-24-15-7-8-20(25-2)9-10-22(18(20)12-15)19(23)11-14-13-21-17-6-4-3-5-16(14)17/h3-6,13,15,18,21H,7-12H2,1-2H3/t15-,18-,20+/m1/s1. The van der Waals surface area contributed by atoms with Gasteiger partial charge in [-0.25, -0.2) is 0 Å². The number of likely N-dealkylation sites (tertiary alicyclic amines) is 1. The fourth-order valence-corrected chi connectivity index (χ4v) is 4.72. The summed E-state index contributed by atoms with van der Waals surface area (Å²) in [5, 5.41) is 1.13. The zero-order chi connectivity index (χ0) is 17.4. The molecule has 0 radical (unpaired) electrons. The summed E-state index contributed by atoms with van der Waals surface area (Å²) in [7, 11) is 3.55. The molecule has 0 unspecified atom stereocenters. The summed E-state index contributed by atoms with van der Waals surface area (Å²) in [5.41, 5.74) is 1.95. The van der Waals surface area contributed by atoms with Crippen molar-refractivity contribution in [3.63, 3.8) is 0 Å². The van der Waals surface area contributed by atoms with Crippen LogP contribution in [0.4, 0.5) is 0 Å². The number of carbonyl (C=O) groups is 1. The number of ether oxygens (including phenoxy) is 2. The second-order valence-electron chi connectivity index (χ2n) is 7.29. The number of nitrogens with zero attached hydrogens (tertiary/aromatic N) is 1. The predicted molar refractivity (Wildman–Crippen MR) is 96.5 cm³/mol. The van der Waals surface area contributed by atoms with Crippen molar-refractivity contribution in [2.24, 2.45) is 0 Å². The zero-order valence-corrected chi connectivity index (χ0v) is 15.0. The Morgan fingerprint density at radius 3 is 2.96 bits per heavy atom. The Morgan fingerprint density at radius 2 is 2.16 bits per heavy atom. The molecule has 2 heterocycles. The molecule has 4 rings (SSSR count). The molecule has 25 heavy (non-hydrogen) atoms. The van der Waals surface area contributed by atoms with E-state index in [1.165, 1.54) is 0 Å². The maximum atomic E-state index is 13.1. The van der Waals surface area contributed by atoms with E-state index in [-0.39, 0.29) is 23.7 Å². The Morgan fingerprint density at radius 1 is 1.32 bits per heavy atom. The number of aromatic amines is 1. The number of hydrogen-bond donors (Lipinski definition) is 1. The number of hydrogen-bond acceptors (Lipinski definition) is 3. The topological polar surface area (TPSA) is 54.6 Å². The van der Waals surface area contributed by atoms with E-state index < -0.39 is 0 Å². The zero-order valence-electron chi connectivity index (χ0n) is 15.0. The molecule has 1 saturated heterocycles. The summed E-state index contributed by atoms with van der Waals surface area (Å²) in [4.78, 5) is 18.4. The van der Waals surface area contributed by atoms with Crippen LogP contribution in [0, 0.1) is 0 Å². The van der Waals surface area contributed by atoms with Crippen LogP contribution in [0.1, 0.15) is 31.2 Å². The number of methoxy groups -OCH3 is 2. The van der Waals surface area contributed by atoms with E-state index in [0.29, 0.717) is 6.42 Å². The minimum absolute atomic E-state index is 0.119. The SMILES string of the molecule is CO[C@@H]1CC[C@]2(OC)CCN(C(=O)Cc3c[nH]c4ccccc34)[C@@H]2C1. The lowest BCUT2D eigenvalue weighted by molar-refractivity contribution is -0.140. The number of H-pyrrole nitrogens is 1. The Bertz CT molecular complexity index is 771. The van der Waals surface area contributed by atoms with E-state index in [2.05, 4.69) is 11.1 Å². The molecule has 134 valence electrons. The highest BCUT2D eigenvalue weighted by atomic mass is 16.5.